The van der Waals surface area contributed by atoms with E-state index in [1.807, 2.05) is 39.6 Å². The summed E-state index contributed by atoms with van der Waals surface area (Å²) in [6, 6.07) is 16.9. The van der Waals surface area contributed by atoms with E-state index in [9.17, 15) is 4.39 Å². The maximum Gasteiger partial charge on any atom is 0.204 e. The molecule has 3 heterocycles. The fourth-order valence-electron chi connectivity index (χ4n) is 5.29. The molecular formula is C26H32FN5OS. The minimum Gasteiger partial charge on any atom is -0.373 e. The van der Waals surface area contributed by atoms with Gasteiger partial charge in [-0.1, -0.05) is 30.3 Å². The van der Waals surface area contributed by atoms with Gasteiger partial charge in [0.2, 0.25) is 4.77 Å². The molecule has 3 atom stereocenters. The van der Waals surface area contributed by atoms with Crippen molar-refractivity contribution in [3.63, 3.8) is 0 Å². The second-order valence-electron chi connectivity index (χ2n) is 9.51. The third kappa shape index (κ3) is 5.00. The Kier molecular flexibility index (Phi) is 6.92. The summed E-state index contributed by atoms with van der Waals surface area (Å²) in [7, 11) is 0. The maximum atomic E-state index is 13.6. The van der Waals surface area contributed by atoms with E-state index in [4.69, 9.17) is 22.1 Å². The fraction of sp³-hybridized carbons (Fsp3) is 0.462. The first kappa shape index (κ1) is 23.4. The SMILES string of the molecule is C[C@@H]1CN(C[C@H]2CCCN2Cn2nc(-c3ccccc3)n(-c3ccc(F)cc3)c2=S)C[C@@H](C)O1. The van der Waals surface area contributed by atoms with Gasteiger partial charge in [0.15, 0.2) is 5.82 Å². The lowest BCUT2D eigenvalue weighted by Crippen LogP contribution is -2.50. The molecule has 8 heteroatoms. The normalized spacial score (nSPS) is 24.0. The molecule has 0 saturated carbocycles. The van der Waals surface area contributed by atoms with Gasteiger partial charge in [-0.25, -0.2) is 9.07 Å². The van der Waals surface area contributed by atoms with E-state index in [1.54, 1.807) is 12.1 Å². The monoisotopic (exact) mass is 481 g/mol. The molecule has 0 unspecified atom stereocenters. The Balaban J connectivity index is 1.42. The number of morpholine rings is 1. The molecule has 2 aliphatic heterocycles. The Bertz CT molecular complexity index is 1150. The highest BCUT2D eigenvalue weighted by Gasteiger charge is 2.30. The Labute approximate surface area is 205 Å². The third-order valence-corrected chi connectivity index (χ3v) is 7.13. The smallest absolute Gasteiger partial charge is 0.204 e. The van der Waals surface area contributed by atoms with Gasteiger partial charge >= 0.3 is 0 Å². The lowest BCUT2D eigenvalue weighted by Gasteiger charge is -2.38. The van der Waals surface area contributed by atoms with Crippen LogP contribution in [-0.2, 0) is 11.4 Å². The largest absolute Gasteiger partial charge is 0.373 e. The van der Waals surface area contributed by atoms with Crippen molar-refractivity contribution < 1.29 is 9.13 Å². The molecule has 1 aromatic heterocycles. The lowest BCUT2D eigenvalue weighted by molar-refractivity contribution is -0.0730. The molecule has 5 rings (SSSR count). The molecule has 0 spiro atoms. The van der Waals surface area contributed by atoms with Crippen molar-refractivity contribution in [3.8, 4) is 17.1 Å². The molecule has 0 aliphatic carbocycles. The van der Waals surface area contributed by atoms with Crippen LogP contribution in [0.25, 0.3) is 17.1 Å². The molecule has 34 heavy (non-hydrogen) atoms. The summed E-state index contributed by atoms with van der Waals surface area (Å²) in [4.78, 5) is 5.03. The van der Waals surface area contributed by atoms with Crippen LogP contribution in [0.2, 0.25) is 0 Å². The highest BCUT2D eigenvalue weighted by molar-refractivity contribution is 7.71. The average Bonchev–Trinajstić information content (AvgIpc) is 3.38. The number of benzene rings is 2. The molecule has 2 fully saturated rings. The fourth-order valence-corrected chi connectivity index (χ4v) is 5.58. The predicted molar refractivity (Wildman–Crippen MR) is 134 cm³/mol. The van der Waals surface area contributed by atoms with Crippen LogP contribution in [-0.4, -0.2) is 68.6 Å². The number of likely N-dealkylation sites (tertiary alicyclic amines) is 1. The van der Waals surface area contributed by atoms with E-state index < -0.39 is 0 Å². The van der Waals surface area contributed by atoms with E-state index in [0.29, 0.717) is 17.5 Å². The van der Waals surface area contributed by atoms with Crippen LogP contribution in [0.3, 0.4) is 0 Å². The van der Waals surface area contributed by atoms with Gasteiger partial charge in [0, 0.05) is 37.8 Å². The number of hydrogen-bond donors (Lipinski definition) is 0. The zero-order chi connectivity index (χ0) is 23.7. The van der Waals surface area contributed by atoms with Gasteiger partial charge in [0.1, 0.15) is 5.82 Å². The van der Waals surface area contributed by atoms with Crippen molar-refractivity contribution in [2.24, 2.45) is 0 Å². The summed E-state index contributed by atoms with van der Waals surface area (Å²) in [5, 5.41) is 4.95. The summed E-state index contributed by atoms with van der Waals surface area (Å²) in [6.07, 6.45) is 2.90. The second-order valence-corrected chi connectivity index (χ2v) is 9.87. The molecule has 0 radical (unpaired) electrons. The number of ether oxygens (including phenoxy) is 1. The van der Waals surface area contributed by atoms with Crippen LogP contribution in [0.4, 0.5) is 4.39 Å². The molecule has 6 nitrogen and oxygen atoms in total. The quantitative estimate of drug-likeness (QED) is 0.476. The van der Waals surface area contributed by atoms with Gasteiger partial charge < -0.3 is 4.74 Å². The van der Waals surface area contributed by atoms with Crippen LogP contribution in [0.1, 0.15) is 26.7 Å². The van der Waals surface area contributed by atoms with Crippen molar-refractivity contribution in [2.45, 2.75) is 51.6 Å². The number of aromatic nitrogens is 3. The number of rotatable bonds is 6. The second kappa shape index (κ2) is 10.1. The van der Waals surface area contributed by atoms with Crippen LogP contribution in [0.5, 0.6) is 0 Å². The highest BCUT2D eigenvalue weighted by atomic mass is 32.1. The molecule has 3 aromatic rings. The molecule has 2 aliphatic rings. The molecular weight excluding hydrogens is 449 g/mol. The number of hydrogen-bond acceptors (Lipinski definition) is 5. The van der Waals surface area contributed by atoms with Crippen LogP contribution in [0, 0.1) is 10.6 Å². The van der Waals surface area contributed by atoms with Crippen LogP contribution >= 0.6 is 12.2 Å². The first-order chi connectivity index (χ1) is 16.5. The van der Waals surface area contributed by atoms with E-state index in [0.717, 1.165) is 43.3 Å². The summed E-state index contributed by atoms with van der Waals surface area (Å²) in [5.74, 6) is 0.499. The molecule has 0 bridgehead atoms. The van der Waals surface area contributed by atoms with E-state index in [1.165, 1.54) is 25.0 Å². The molecule has 2 aromatic carbocycles. The number of nitrogens with zero attached hydrogens (tertiary/aromatic N) is 5. The maximum absolute atomic E-state index is 13.6. The van der Waals surface area contributed by atoms with E-state index in [2.05, 4.69) is 23.6 Å². The molecule has 0 N–H and O–H groups in total. The molecule has 2 saturated heterocycles. The Morgan fingerprint density at radius 2 is 1.74 bits per heavy atom. The summed E-state index contributed by atoms with van der Waals surface area (Å²) in [5.41, 5.74) is 1.79. The van der Waals surface area contributed by atoms with Gasteiger partial charge in [-0.3, -0.25) is 14.4 Å². The van der Waals surface area contributed by atoms with Gasteiger partial charge in [0.25, 0.3) is 0 Å². The summed E-state index contributed by atoms with van der Waals surface area (Å²) < 4.78 is 24.0. The van der Waals surface area contributed by atoms with Crippen LogP contribution < -0.4 is 0 Å². The third-order valence-electron chi connectivity index (χ3n) is 6.74. The first-order valence-electron chi connectivity index (χ1n) is 12.1. The van der Waals surface area contributed by atoms with Gasteiger partial charge in [-0.15, -0.1) is 5.10 Å². The first-order valence-corrected chi connectivity index (χ1v) is 12.5. The van der Waals surface area contributed by atoms with Crippen molar-refractivity contribution in [2.75, 3.05) is 26.2 Å². The Hall–Kier alpha value is -2.39. The highest BCUT2D eigenvalue weighted by Crippen LogP contribution is 2.25. The average molecular weight is 482 g/mol. The molecule has 180 valence electrons. The topological polar surface area (TPSA) is 38.5 Å². The minimum absolute atomic E-state index is 0.268. The zero-order valence-corrected chi connectivity index (χ0v) is 20.6. The Morgan fingerprint density at radius 3 is 2.44 bits per heavy atom. The van der Waals surface area contributed by atoms with Gasteiger partial charge in [-0.2, -0.15) is 0 Å². The van der Waals surface area contributed by atoms with Crippen LogP contribution in [0.15, 0.2) is 54.6 Å². The van der Waals surface area contributed by atoms with Gasteiger partial charge in [0.05, 0.1) is 24.6 Å². The van der Waals surface area contributed by atoms with E-state index >= 15 is 0 Å². The summed E-state index contributed by atoms with van der Waals surface area (Å²) >= 11 is 5.91. The van der Waals surface area contributed by atoms with E-state index in [-0.39, 0.29) is 18.0 Å². The van der Waals surface area contributed by atoms with Gasteiger partial charge in [-0.05, 0) is 63.2 Å². The standard InChI is InChI=1S/C26H32FN5OS/c1-19-15-29(16-20(2)33-19)17-24-9-6-14-30(24)18-31-26(34)32(23-12-10-22(27)11-13-23)25(28-31)21-7-4-3-5-8-21/h3-5,7-8,10-13,19-20,24H,6,9,14-18H2,1-2H3/t19-,20-,24-/m1/s1. The molecule has 0 amide bonds. The van der Waals surface area contributed by atoms with Crippen molar-refractivity contribution in [1.82, 2.24) is 24.1 Å². The summed E-state index contributed by atoms with van der Waals surface area (Å²) in [6.45, 7) is 8.98. The predicted octanol–water partition coefficient (Wildman–Crippen LogP) is 4.74. The Morgan fingerprint density at radius 1 is 1.03 bits per heavy atom. The zero-order valence-electron chi connectivity index (χ0n) is 19.8. The van der Waals surface area contributed by atoms with Crippen molar-refractivity contribution >= 4 is 12.2 Å². The van der Waals surface area contributed by atoms with Crippen molar-refractivity contribution in [3.05, 3.63) is 65.2 Å². The van der Waals surface area contributed by atoms with Crippen molar-refractivity contribution in [1.29, 1.82) is 0 Å². The number of halogens is 1. The lowest BCUT2D eigenvalue weighted by atomic mass is 10.1. The minimum atomic E-state index is -0.268.